The van der Waals surface area contributed by atoms with Gasteiger partial charge >= 0.3 is 0 Å². The normalized spacial score (nSPS) is 21.4. The lowest BCUT2D eigenvalue weighted by molar-refractivity contribution is 0.488. The molecule has 14 rings (SSSR count). The summed E-state index contributed by atoms with van der Waals surface area (Å²) in [4.78, 5) is 2.08. The van der Waals surface area contributed by atoms with Crippen LogP contribution in [0.4, 0.5) is 68.2 Å². The second-order valence-corrected chi connectivity index (χ2v) is 14.6. The quantitative estimate of drug-likeness (QED) is 0.148. The minimum atomic E-state index is -2.26. The van der Waals surface area contributed by atoms with Crippen LogP contribution in [-0.4, -0.2) is 13.4 Å². The fraction of sp³-hybridized carbons (Fsp3) is 0. The Kier molecular flexibility index (Phi) is 3.45. The molecule has 10 aromatic rings. The molecule has 7 heteroatoms. The maximum absolute atomic E-state index is 10.9. The Hall–Kier alpha value is -8.67. The van der Waals surface area contributed by atoms with Crippen molar-refractivity contribution in [2.45, 2.75) is 0 Å². The number of nitrogens with zero attached hydrogens (tertiary/aromatic N) is 4. The van der Waals surface area contributed by atoms with E-state index in [9.17, 15) is 34.3 Å². The third kappa shape index (κ3) is 5.71. The van der Waals surface area contributed by atoms with Crippen LogP contribution in [0.15, 0.2) is 242 Å². The van der Waals surface area contributed by atoms with Gasteiger partial charge in [0.2, 0.25) is 0 Å². The minimum absolute atomic E-state index is 0.305. The van der Waals surface area contributed by atoms with Crippen molar-refractivity contribution in [1.29, 1.82) is 0 Å². The summed E-state index contributed by atoms with van der Waals surface area (Å²) in [6.07, 6.45) is 0. The molecule has 0 aliphatic carbocycles. The van der Waals surface area contributed by atoms with Gasteiger partial charge in [-0.05, 0) is 123 Å². The molecule has 4 aliphatic heterocycles. The Labute approximate surface area is 447 Å². The van der Waals surface area contributed by atoms with Gasteiger partial charge in [-0.1, -0.05) is 139 Å². The van der Waals surface area contributed by atoms with E-state index in [-0.39, 0.29) is 0 Å². The molecule has 0 amide bonds. The second kappa shape index (κ2) is 14.9. The van der Waals surface area contributed by atoms with Crippen molar-refractivity contribution in [2.75, 3.05) is 19.6 Å². The molecule has 0 saturated carbocycles. The summed E-state index contributed by atoms with van der Waals surface area (Å²) in [5, 5.41) is 0. The summed E-state index contributed by atoms with van der Waals surface area (Å²) < 4.78 is 381. The first-order valence-corrected chi connectivity index (χ1v) is 19.8. The smallest absolute Gasteiger partial charge is 0.256 e. The van der Waals surface area contributed by atoms with Gasteiger partial charge in [-0.15, -0.1) is 0 Å². The lowest BCUT2D eigenvalue weighted by atomic mass is 9.29. The van der Waals surface area contributed by atoms with Crippen molar-refractivity contribution >= 4 is 114 Å². The van der Waals surface area contributed by atoms with Crippen LogP contribution in [0.25, 0.3) is 0 Å². The summed E-state index contributed by atoms with van der Waals surface area (Å²) in [7, 11) is 0. The molecule has 0 saturated heterocycles. The van der Waals surface area contributed by atoms with Gasteiger partial charge in [-0.2, -0.15) is 0 Å². The highest BCUT2D eigenvalue weighted by Crippen LogP contribution is 2.49. The molecule has 0 fully saturated rings. The van der Waals surface area contributed by atoms with Crippen LogP contribution in [-0.2, 0) is 0 Å². The Bertz CT molecular complexity index is 5650. The maximum atomic E-state index is 10.9. The molecular formula is C60H40B2N4O. The van der Waals surface area contributed by atoms with E-state index in [0.717, 1.165) is 4.90 Å². The van der Waals surface area contributed by atoms with Crippen molar-refractivity contribution in [3.05, 3.63) is 242 Å². The average Bonchev–Trinajstić information content (AvgIpc) is 0.653. The third-order valence-electron chi connectivity index (χ3n) is 11.3. The molecule has 0 spiro atoms. The summed E-state index contributed by atoms with van der Waals surface area (Å²) in [5.41, 5.74) is -16.5. The predicted molar refractivity (Wildman–Crippen MR) is 281 cm³/mol. The summed E-state index contributed by atoms with van der Waals surface area (Å²) in [6, 6.07) is -46.3. The van der Waals surface area contributed by atoms with Crippen molar-refractivity contribution in [3.8, 4) is 11.5 Å². The number of anilines is 12. The van der Waals surface area contributed by atoms with Gasteiger partial charge < -0.3 is 24.3 Å². The van der Waals surface area contributed by atoms with Gasteiger partial charge in [0.15, 0.2) is 0 Å². The van der Waals surface area contributed by atoms with Crippen LogP contribution in [0.2, 0.25) is 0 Å². The summed E-state index contributed by atoms with van der Waals surface area (Å²) in [6.45, 7) is -4.44. The molecule has 0 bridgehead atoms. The van der Waals surface area contributed by atoms with Crippen LogP contribution in [0.3, 0.4) is 0 Å². The first-order valence-electron chi connectivity index (χ1n) is 39.8. The van der Waals surface area contributed by atoms with Crippen molar-refractivity contribution in [3.63, 3.8) is 0 Å². The monoisotopic (exact) mass is 895 g/mol. The van der Waals surface area contributed by atoms with Gasteiger partial charge in [-0.25, -0.2) is 0 Å². The minimum Gasteiger partial charge on any atom is -0.458 e. The Morgan fingerprint density at radius 3 is 1.30 bits per heavy atom. The zero-order valence-corrected chi connectivity index (χ0v) is 33.4. The fourth-order valence-electron chi connectivity index (χ4n) is 8.81. The first kappa shape index (κ1) is 15.5. The molecule has 0 radical (unpaired) electrons. The number of benzene rings is 10. The van der Waals surface area contributed by atoms with Gasteiger partial charge in [-0.3, -0.25) is 0 Å². The number of para-hydroxylation sites is 7. The molecule has 0 atom stereocenters. The molecule has 4 aliphatic rings. The first-order chi connectivity index (χ1) is 49.9. The lowest BCUT2D eigenvalue weighted by Gasteiger charge is -2.49. The van der Waals surface area contributed by atoms with Gasteiger partial charge in [0, 0.05) is 80.3 Å². The molecule has 4 heterocycles. The number of rotatable bonds is 7. The standard InChI is InChI=1S/C60H40B2N4O/c1-6-20-41(21-7-1)63(42-22-8-2-9-23-42)46-34-36-50-54(38-46)65(45-28-14-5-15-29-45)55-40-57-59-60-58(55)61(50)48-30-16-18-32-52(48)66(60)53-33-19-17-31-49(53)62(59)51-37-35-47(39-56(51)67-57)64(43-24-10-3-11-25-43)44-26-12-4-13-27-44/h1-40H/i1D,2D,3D,4D,5D,6D,7D,8D,9D,10D,11D,12D,13D,14D,15D,16D,17D,18D,19D,20D,21D,22D,23D,24D,25D,26D,27D,28D,29D,30D,31D,32D,33D,34D,35D,36D,37D,38D,39D,40D. The zero-order valence-electron chi connectivity index (χ0n) is 73.4. The Morgan fingerprint density at radius 2 is 0.761 bits per heavy atom. The summed E-state index contributed by atoms with van der Waals surface area (Å²) >= 11 is 0. The third-order valence-corrected chi connectivity index (χ3v) is 11.3. The number of fused-ring (bicyclic) bond motifs is 10. The van der Waals surface area contributed by atoms with Gasteiger partial charge in [0.1, 0.15) is 11.5 Å². The van der Waals surface area contributed by atoms with E-state index < -0.39 is 368 Å². The second-order valence-electron chi connectivity index (χ2n) is 14.6. The highest BCUT2D eigenvalue weighted by atomic mass is 16.5. The van der Waals surface area contributed by atoms with E-state index >= 15 is 0 Å². The Balaban J connectivity index is 1.23. The molecule has 0 N–H and O–H groups in total. The van der Waals surface area contributed by atoms with Crippen LogP contribution in [0, 0.1) is 0 Å². The molecule has 0 aromatic heterocycles. The average molecular weight is 895 g/mol. The molecule has 312 valence electrons. The van der Waals surface area contributed by atoms with Crippen molar-refractivity contribution in [2.24, 2.45) is 0 Å². The fourth-order valence-corrected chi connectivity index (χ4v) is 8.81. The van der Waals surface area contributed by atoms with Gasteiger partial charge in [0.05, 0.1) is 54.8 Å². The van der Waals surface area contributed by atoms with E-state index in [1.165, 1.54) is 0 Å². The highest BCUT2D eigenvalue weighted by Gasteiger charge is 2.51. The molecular weight excluding hydrogens is 814 g/mol. The molecule has 10 aromatic carbocycles. The lowest BCUT2D eigenvalue weighted by Crippen LogP contribution is -2.67. The van der Waals surface area contributed by atoms with E-state index in [1.54, 1.807) is 0 Å². The largest absolute Gasteiger partial charge is 0.458 e. The van der Waals surface area contributed by atoms with Crippen LogP contribution >= 0.6 is 0 Å². The van der Waals surface area contributed by atoms with E-state index in [2.05, 4.69) is 0 Å². The van der Waals surface area contributed by atoms with E-state index in [0.29, 0.717) is 14.7 Å². The van der Waals surface area contributed by atoms with Crippen LogP contribution < -0.4 is 57.1 Å². The van der Waals surface area contributed by atoms with Crippen molar-refractivity contribution in [1.82, 2.24) is 0 Å². The summed E-state index contributed by atoms with van der Waals surface area (Å²) in [5.74, 6) is -2.06. The van der Waals surface area contributed by atoms with Crippen molar-refractivity contribution < 1.29 is 59.6 Å². The number of hydrogen-bond acceptors (Lipinski definition) is 5. The van der Waals surface area contributed by atoms with E-state index in [4.69, 9.17) is 25.3 Å². The highest BCUT2D eigenvalue weighted by molar-refractivity contribution is 7.04. The zero-order chi connectivity index (χ0) is 78.8. The SMILES string of the molecule is [2H]c1c([2H])c([2H])c(N(c2c([2H])c([2H])c([2H])c([2H])c2[2H])c2c([2H])c([2H])c3c(c2[2H])Oc2c([2H])c4c5c6c2B3c2c([2H])c([2H])c([2H])c([2H])c2N6c2c([2H])c([2H])c([2H])c([2H])c2B5c2c([2H])c([2H])c(N(c3c([2H])c([2H])c([2H])c([2H])c3[2H])c3c([2H])c([2H])c([2H])c([2H])c3[2H])c([2H])c2N4c2c([2H])c([2H])c([2H])c([2H])c2[2H])c([2H])c1[2H]. The van der Waals surface area contributed by atoms with Crippen LogP contribution in [0.1, 0.15) is 54.8 Å². The van der Waals surface area contributed by atoms with Crippen LogP contribution in [0.5, 0.6) is 11.5 Å². The molecule has 5 nitrogen and oxygen atoms in total. The topological polar surface area (TPSA) is 22.2 Å². The number of ether oxygens (including phenoxy) is 1. The Morgan fingerprint density at radius 1 is 0.328 bits per heavy atom. The number of hydrogen-bond donors (Lipinski definition) is 0. The van der Waals surface area contributed by atoms with E-state index in [1.807, 2.05) is 0 Å². The molecule has 67 heavy (non-hydrogen) atoms. The maximum Gasteiger partial charge on any atom is 0.256 e. The predicted octanol–water partition coefficient (Wildman–Crippen LogP) is 11.6. The molecule has 0 unspecified atom stereocenters. The van der Waals surface area contributed by atoms with Gasteiger partial charge in [0.25, 0.3) is 13.4 Å².